The van der Waals surface area contributed by atoms with Crippen molar-refractivity contribution in [3.8, 4) is 0 Å². The number of piperidine rings is 1. The van der Waals surface area contributed by atoms with Crippen molar-refractivity contribution >= 4 is 11.7 Å². The number of β-amino-alcohol motifs (C(OH)–C–C–N with tert-alkyl or cyclic N) is 1. The van der Waals surface area contributed by atoms with Gasteiger partial charge in [-0.1, -0.05) is 0 Å². The molecule has 7 heteroatoms. The summed E-state index contributed by atoms with van der Waals surface area (Å²) in [5, 5.41) is 13.0. The standard InChI is InChI=1S/C15H21F2N3O2/c1-19(2)9-15(22)4-3-5-20(10-15)14(21)18-13-7-11(16)6-12(17)8-13/h6-8,22H,3-5,9-10H2,1-2H3,(H,18,21). The zero-order valence-electron chi connectivity index (χ0n) is 12.8. The maximum atomic E-state index is 13.1. The SMILES string of the molecule is CN(C)CC1(O)CCCN(C(=O)Nc2cc(F)cc(F)c2)C1. The Morgan fingerprint density at radius 2 is 2.00 bits per heavy atom. The number of rotatable bonds is 3. The van der Waals surface area contributed by atoms with Crippen molar-refractivity contribution in [3.05, 3.63) is 29.8 Å². The molecule has 1 atom stereocenters. The first-order chi connectivity index (χ1) is 10.3. The molecule has 0 saturated carbocycles. The molecule has 0 aromatic heterocycles. The van der Waals surface area contributed by atoms with Gasteiger partial charge in [0.1, 0.15) is 11.6 Å². The van der Waals surface area contributed by atoms with Gasteiger partial charge in [-0.2, -0.15) is 0 Å². The van der Waals surface area contributed by atoms with Crippen LogP contribution in [0, 0.1) is 11.6 Å². The maximum absolute atomic E-state index is 13.1. The number of hydrogen-bond acceptors (Lipinski definition) is 3. The monoisotopic (exact) mass is 313 g/mol. The van der Waals surface area contributed by atoms with Crippen molar-refractivity contribution in [1.82, 2.24) is 9.80 Å². The second kappa shape index (κ2) is 6.58. The van der Waals surface area contributed by atoms with Crippen LogP contribution in [0.5, 0.6) is 0 Å². The molecule has 1 aromatic carbocycles. The van der Waals surface area contributed by atoms with E-state index in [2.05, 4.69) is 5.32 Å². The number of amides is 2. The fourth-order valence-corrected chi connectivity index (χ4v) is 2.83. The predicted octanol–water partition coefficient (Wildman–Crippen LogP) is 1.89. The number of carbonyl (C=O) groups is 1. The van der Waals surface area contributed by atoms with Gasteiger partial charge in [-0.3, -0.25) is 0 Å². The van der Waals surface area contributed by atoms with Gasteiger partial charge in [0.15, 0.2) is 0 Å². The largest absolute Gasteiger partial charge is 0.387 e. The highest BCUT2D eigenvalue weighted by atomic mass is 19.1. The molecule has 2 N–H and O–H groups in total. The minimum absolute atomic E-state index is 0.0595. The van der Waals surface area contributed by atoms with Crippen LogP contribution < -0.4 is 5.32 Å². The third-order valence-electron chi connectivity index (χ3n) is 3.57. The van der Waals surface area contributed by atoms with E-state index >= 15 is 0 Å². The van der Waals surface area contributed by atoms with Crippen molar-refractivity contribution in [1.29, 1.82) is 0 Å². The van der Waals surface area contributed by atoms with Crippen molar-refractivity contribution in [3.63, 3.8) is 0 Å². The van der Waals surface area contributed by atoms with Crippen molar-refractivity contribution in [2.45, 2.75) is 18.4 Å². The summed E-state index contributed by atoms with van der Waals surface area (Å²) >= 11 is 0. The normalized spacial score (nSPS) is 22.0. The lowest BCUT2D eigenvalue weighted by atomic mass is 9.92. The number of hydrogen-bond donors (Lipinski definition) is 2. The highest BCUT2D eigenvalue weighted by Gasteiger charge is 2.35. The zero-order chi connectivity index (χ0) is 16.3. The van der Waals surface area contributed by atoms with Crippen LogP contribution in [0.15, 0.2) is 18.2 Å². The molecule has 0 bridgehead atoms. The summed E-state index contributed by atoms with van der Waals surface area (Å²) in [5.41, 5.74) is -0.907. The van der Waals surface area contributed by atoms with Crippen molar-refractivity contribution < 1.29 is 18.7 Å². The van der Waals surface area contributed by atoms with Gasteiger partial charge in [0.05, 0.1) is 12.1 Å². The van der Waals surface area contributed by atoms with Crippen LogP contribution in [-0.2, 0) is 0 Å². The Balaban J connectivity index is 2.02. The van der Waals surface area contributed by atoms with Gasteiger partial charge in [-0.05, 0) is 39.1 Å². The van der Waals surface area contributed by atoms with E-state index in [0.29, 0.717) is 25.9 Å². The lowest BCUT2D eigenvalue weighted by Gasteiger charge is -2.40. The third-order valence-corrected chi connectivity index (χ3v) is 3.57. The molecule has 5 nitrogen and oxygen atoms in total. The Bertz CT molecular complexity index is 533. The summed E-state index contributed by atoms with van der Waals surface area (Å²) in [4.78, 5) is 15.5. The maximum Gasteiger partial charge on any atom is 0.321 e. The molecule has 1 heterocycles. The molecule has 22 heavy (non-hydrogen) atoms. The lowest BCUT2D eigenvalue weighted by molar-refractivity contribution is -0.0333. The number of likely N-dealkylation sites (N-methyl/N-ethyl adjacent to an activating group) is 1. The number of carbonyl (C=O) groups excluding carboxylic acids is 1. The second-order valence-electron chi connectivity index (χ2n) is 6.08. The minimum Gasteiger partial charge on any atom is -0.387 e. The van der Waals surface area contributed by atoms with Gasteiger partial charge < -0.3 is 20.2 Å². The molecule has 1 aromatic rings. The highest BCUT2D eigenvalue weighted by Crippen LogP contribution is 2.23. The van der Waals surface area contributed by atoms with Crippen LogP contribution in [0.1, 0.15) is 12.8 Å². The van der Waals surface area contributed by atoms with Crippen molar-refractivity contribution in [2.24, 2.45) is 0 Å². The number of anilines is 1. The second-order valence-corrected chi connectivity index (χ2v) is 6.08. The molecule has 1 aliphatic rings. The van der Waals surface area contributed by atoms with Crippen LogP contribution in [-0.4, -0.2) is 60.3 Å². The first-order valence-electron chi connectivity index (χ1n) is 7.17. The van der Waals surface area contributed by atoms with E-state index in [4.69, 9.17) is 0 Å². The van der Waals surface area contributed by atoms with Crippen LogP contribution in [0.3, 0.4) is 0 Å². The molecule has 2 amide bonds. The molecule has 2 rings (SSSR count). The number of urea groups is 1. The van der Waals surface area contributed by atoms with E-state index in [0.717, 1.165) is 18.2 Å². The van der Waals surface area contributed by atoms with E-state index in [1.54, 1.807) is 0 Å². The van der Waals surface area contributed by atoms with Gasteiger partial charge in [0.25, 0.3) is 0 Å². The first kappa shape index (κ1) is 16.6. The molecule has 0 spiro atoms. The number of nitrogens with zero attached hydrogens (tertiary/aromatic N) is 2. The van der Waals surface area contributed by atoms with E-state index in [-0.39, 0.29) is 12.2 Å². The van der Waals surface area contributed by atoms with Crippen LogP contribution >= 0.6 is 0 Å². The van der Waals surface area contributed by atoms with E-state index in [1.807, 2.05) is 19.0 Å². The topological polar surface area (TPSA) is 55.8 Å². The number of aliphatic hydroxyl groups is 1. The molecular weight excluding hydrogens is 292 g/mol. The zero-order valence-corrected chi connectivity index (χ0v) is 12.8. The Morgan fingerprint density at radius 3 is 2.59 bits per heavy atom. The fourth-order valence-electron chi connectivity index (χ4n) is 2.83. The molecular formula is C15H21F2N3O2. The van der Waals surface area contributed by atoms with E-state index < -0.39 is 23.3 Å². The molecule has 1 unspecified atom stereocenters. The highest BCUT2D eigenvalue weighted by molar-refractivity contribution is 5.89. The van der Waals surface area contributed by atoms with Crippen LogP contribution in [0.4, 0.5) is 19.3 Å². The third kappa shape index (κ3) is 4.38. The van der Waals surface area contributed by atoms with Gasteiger partial charge in [-0.25, -0.2) is 13.6 Å². The molecule has 0 radical (unpaired) electrons. The lowest BCUT2D eigenvalue weighted by Crippen LogP contribution is -2.55. The minimum atomic E-state index is -0.966. The number of nitrogens with one attached hydrogen (secondary N) is 1. The van der Waals surface area contributed by atoms with Crippen LogP contribution in [0.2, 0.25) is 0 Å². The summed E-state index contributed by atoms with van der Waals surface area (Å²) in [6, 6.07) is 2.38. The predicted molar refractivity (Wildman–Crippen MR) is 79.7 cm³/mol. The summed E-state index contributed by atoms with van der Waals surface area (Å²) < 4.78 is 26.3. The van der Waals surface area contributed by atoms with Crippen molar-refractivity contribution in [2.75, 3.05) is 39.0 Å². The number of halogens is 2. The Labute approximate surface area is 128 Å². The van der Waals surface area contributed by atoms with Crippen LogP contribution in [0.25, 0.3) is 0 Å². The average Bonchev–Trinajstić information content (AvgIpc) is 2.35. The first-order valence-corrected chi connectivity index (χ1v) is 7.17. The van der Waals surface area contributed by atoms with Gasteiger partial charge >= 0.3 is 6.03 Å². The quantitative estimate of drug-likeness (QED) is 0.896. The number of benzene rings is 1. The summed E-state index contributed by atoms with van der Waals surface area (Å²) in [7, 11) is 3.71. The summed E-state index contributed by atoms with van der Waals surface area (Å²) in [6.07, 6.45) is 1.29. The van der Waals surface area contributed by atoms with Gasteiger partial charge in [0, 0.05) is 24.8 Å². The van der Waals surface area contributed by atoms with E-state index in [1.165, 1.54) is 4.90 Å². The smallest absolute Gasteiger partial charge is 0.321 e. The fraction of sp³-hybridized carbons (Fsp3) is 0.533. The van der Waals surface area contributed by atoms with Gasteiger partial charge in [-0.15, -0.1) is 0 Å². The summed E-state index contributed by atoms with van der Waals surface area (Å²) in [6.45, 7) is 1.14. The van der Waals surface area contributed by atoms with Gasteiger partial charge in [0.2, 0.25) is 0 Å². The number of likely N-dealkylation sites (tertiary alicyclic amines) is 1. The average molecular weight is 313 g/mol. The molecule has 122 valence electrons. The molecule has 1 fully saturated rings. The molecule has 0 aliphatic carbocycles. The van der Waals surface area contributed by atoms with E-state index in [9.17, 15) is 18.7 Å². The Morgan fingerprint density at radius 1 is 1.36 bits per heavy atom. The molecule has 1 saturated heterocycles. The Hall–Kier alpha value is -1.73. The Kier molecular flexibility index (Phi) is 4.97. The summed E-state index contributed by atoms with van der Waals surface area (Å²) in [5.74, 6) is -1.50. The molecule has 1 aliphatic heterocycles.